The van der Waals surface area contributed by atoms with Gasteiger partial charge in [-0.05, 0) is 78.1 Å². The molecule has 0 aliphatic carbocycles. The maximum atomic E-state index is 13.6. The summed E-state index contributed by atoms with van der Waals surface area (Å²) in [5, 5.41) is 11.6. The molecule has 1 heterocycles. The highest BCUT2D eigenvalue weighted by atomic mass is 19.1. The Labute approximate surface area is 209 Å². The van der Waals surface area contributed by atoms with E-state index < -0.39 is 23.5 Å². The number of aliphatic hydroxyl groups is 1. The van der Waals surface area contributed by atoms with Crippen molar-refractivity contribution in [2.24, 2.45) is 0 Å². The lowest BCUT2D eigenvalue weighted by Gasteiger charge is -2.26. The molecular weight excluding hydrogens is 461 g/mol. The number of halogens is 1. The molecule has 1 aliphatic rings. The molecule has 1 N–H and O–H groups in total. The summed E-state index contributed by atoms with van der Waals surface area (Å²) in [6.07, 6.45) is 0. The first kappa shape index (κ1) is 25.0. The van der Waals surface area contributed by atoms with E-state index in [1.54, 1.807) is 51.5 Å². The first-order valence-corrected chi connectivity index (χ1v) is 11.6. The Morgan fingerprint density at radius 3 is 2.17 bits per heavy atom. The SMILES string of the molecule is COc1ccc(C2/C(=C(\O)c3cc(C(C)C)c(OC)cc3C)C(=O)C(=O)N2c2ccc(F)cc2)cc1. The molecule has 6 nitrogen and oxygen atoms in total. The molecule has 7 heteroatoms. The number of methoxy groups -OCH3 is 2. The summed E-state index contributed by atoms with van der Waals surface area (Å²) in [5.74, 6) is -1.00. The first-order valence-electron chi connectivity index (χ1n) is 11.6. The number of aryl methyl sites for hydroxylation is 1. The third-order valence-corrected chi connectivity index (χ3v) is 6.43. The molecule has 1 atom stereocenters. The Kier molecular flexibility index (Phi) is 6.84. The molecule has 1 amide bonds. The van der Waals surface area contributed by atoms with Crippen LogP contribution in [-0.4, -0.2) is 31.0 Å². The number of Topliss-reactive ketones (excluding diaryl/α,β-unsaturated/α-hetero) is 1. The molecule has 3 aromatic carbocycles. The van der Waals surface area contributed by atoms with E-state index in [2.05, 4.69) is 0 Å². The van der Waals surface area contributed by atoms with Crippen molar-refractivity contribution in [1.29, 1.82) is 0 Å². The monoisotopic (exact) mass is 489 g/mol. The highest BCUT2D eigenvalue weighted by molar-refractivity contribution is 6.51. The zero-order valence-corrected chi connectivity index (χ0v) is 20.8. The number of rotatable bonds is 6. The standard InChI is InChI=1S/C29H28FNO5/c1-16(2)22-15-23(17(3)14-24(22)36-5)27(32)25-26(18-6-12-21(35-4)13-7-18)31(29(34)28(25)33)20-10-8-19(30)9-11-20/h6-16,26,32H,1-5H3/b27-25+. The molecule has 4 rings (SSSR count). The molecule has 1 saturated heterocycles. The van der Waals surface area contributed by atoms with Gasteiger partial charge in [0, 0.05) is 11.3 Å². The molecule has 0 radical (unpaired) electrons. The van der Waals surface area contributed by atoms with Crippen molar-refractivity contribution in [3.8, 4) is 11.5 Å². The van der Waals surface area contributed by atoms with Crippen LogP contribution in [0.2, 0.25) is 0 Å². The van der Waals surface area contributed by atoms with Crippen molar-refractivity contribution in [3.63, 3.8) is 0 Å². The third-order valence-electron chi connectivity index (χ3n) is 6.43. The van der Waals surface area contributed by atoms with Gasteiger partial charge in [-0.15, -0.1) is 0 Å². The van der Waals surface area contributed by atoms with Gasteiger partial charge in [-0.25, -0.2) is 4.39 Å². The van der Waals surface area contributed by atoms with Crippen LogP contribution < -0.4 is 14.4 Å². The van der Waals surface area contributed by atoms with Gasteiger partial charge in [0.25, 0.3) is 11.7 Å². The van der Waals surface area contributed by atoms with E-state index in [-0.39, 0.29) is 17.3 Å². The van der Waals surface area contributed by atoms with E-state index in [4.69, 9.17) is 9.47 Å². The maximum absolute atomic E-state index is 13.6. The topological polar surface area (TPSA) is 76.1 Å². The Morgan fingerprint density at radius 2 is 1.61 bits per heavy atom. The van der Waals surface area contributed by atoms with E-state index in [0.717, 1.165) is 5.56 Å². The minimum Gasteiger partial charge on any atom is -0.507 e. The molecule has 186 valence electrons. The van der Waals surface area contributed by atoms with E-state index in [1.165, 1.54) is 29.2 Å². The number of hydrogen-bond acceptors (Lipinski definition) is 5. The number of hydrogen-bond donors (Lipinski definition) is 1. The van der Waals surface area contributed by atoms with Gasteiger partial charge in [0.1, 0.15) is 23.1 Å². The Hall–Kier alpha value is -4.13. The second kappa shape index (κ2) is 9.85. The average Bonchev–Trinajstić information content (AvgIpc) is 3.14. The van der Waals surface area contributed by atoms with Crippen LogP contribution in [0.25, 0.3) is 5.76 Å². The van der Waals surface area contributed by atoms with Crippen molar-refractivity contribution in [2.45, 2.75) is 32.7 Å². The second-order valence-corrected chi connectivity index (χ2v) is 8.98. The van der Waals surface area contributed by atoms with Crippen molar-refractivity contribution >= 4 is 23.1 Å². The summed E-state index contributed by atoms with van der Waals surface area (Å²) in [4.78, 5) is 28.0. The maximum Gasteiger partial charge on any atom is 0.300 e. The van der Waals surface area contributed by atoms with Crippen LogP contribution in [0.1, 0.15) is 48.1 Å². The largest absolute Gasteiger partial charge is 0.507 e. The minimum absolute atomic E-state index is 0.0440. The van der Waals surface area contributed by atoms with Crippen LogP contribution in [0, 0.1) is 12.7 Å². The molecule has 0 spiro atoms. The predicted molar refractivity (Wildman–Crippen MR) is 136 cm³/mol. The van der Waals surface area contributed by atoms with Gasteiger partial charge in [0.15, 0.2) is 0 Å². The van der Waals surface area contributed by atoms with Gasteiger partial charge in [-0.3, -0.25) is 14.5 Å². The molecule has 1 aliphatic heterocycles. The van der Waals surface area contributed by atoms with Crippen LogP contribution >= 0.6 is 0 Å². The normalized spacial score (nSPS) is 17.1. The number of aliphatic hydroxyl groups excluding tert-OH is 1. The fourth-order valence-electron chi connectivity index (χ4n) is 4.53. The summed E-state index contributed by atoms with van der Waals surface area (Å²) in [5.41, 5.74) is 2.88. The summed E-state index contributed by atoms with van der Waals surface area (Å²) in [6.45, 7) is 5.81. The number of ketones is 1. The number of benzene rings is 3. The zero-order valence-electron chi connectivity index (χ0n) is 20.8. The van der Waals surface area contributed by atoms with Crippen molar-refractivity contribution in [3.05, 3.63) is 94.3 Å². The molecule has 3 aromatic rings. The average molecular weight is 490 g/mol. The first-order chi connectivity index (χ1) is 17.2. The molecule has 1 fully saturated rings. The van der Waals surface area contributed by atoms with Crippen LogP contribution in [0.3, 0.4) is 0 Å². The number of carbonyl (C=O) groups excluding carboxylic acids is 2. The van der Waals surface area contributed by atoms with Crippen molar-refractivity contribution in [2.75, 3.05) is 19.1 Å². The minimum atomic E-state index is -0.926. The van der Waals surface area contributed by atoms with Gasteiger partial charge in [0.05, 0.1) is 25.8 Å². The van der Waals surface area contributed by atoms with Crippen LogP contribution in [0.5, 0.6) is 11.5 Å². The highest BCUT2D eigenvalue weighted by Gasteiger charge is 2.47. The van der Waals surface area contributed by atoms with E-state index in [0.29, 0.717) is 33.9 Å². The van der Waals surface area contributed by atoms with Crippen molar-refractivity contribution in [1.82, 2.24) is 0 Å². The molecular formula is C29H28FNO5. The lowest BCUT2D eigenvalue weighted by molar-refractivity contribution is -0.132. The summed E-state index contributed by atoms with van der Waals surface area (Å²) in [7, 11) is 3.12. The van der Waals surface area contributed by atoms with Gasteiger partial charge in [-0.1, -0.05) is 26.0 Å². The number of amides is 1. The van der Waals surface area contributed by atoms with E-state index in [1.807, 2.05) is 19.9 Å². The van der Waals surface area contributed by atoms with Gasteiger partial charge in [0.2, 0.25) is 0 Å². The van der Waals surface area contributed by atoms with Gasteiger partial charge < -0.3 is 14.6 Å². The molecule has 0 bridgehead atoms. The fourth-order valence-corrected chi connectivity index (χ4v) is 4.53. The Bertz CT molecular complexity index is 1340. The quantitative estimate of drug-likeness (QED) is 0.265. The fraction of sp³-hybridized carbons (Fsp3) is 0.241. The highest BCUT2D eigenvalue weighted by Crippen LogP contribution is 2.43. The van der Waals surface area contributed by atoms with E-state index in [9.17, 15) is 19.1 Å². The number of carbonyl (C=O) groups is 2. The van der Waals surface area contributed by atoms with Crippen LogP contribution in [0.15, 0.2) is 66.2 Å². The second-order valence-electron chi connectivity index (χ2n) is 8.98. The Balaban J connectivity index is 1.97. The number of ether oxygens (including phenoxy) is 2. The van der Waals surface area contributed by atoms with Gasteiger partial charge >= 0.3 is 0 Å². The number of anilines is 1. The molecule has 0 aromatic heterocycles. The number of nitrogens with zero attached hydrogens (tertiary/aromatic N) is 1. The van der Waals surface area contributed by atoms with Crippen LogP contribution in [0.4, 0.5) is 10.1 Å². The molecule has 36 heavy (non-hydrogen) atoms. The zero-order chi connectivity index (χ0) is 26.1. The van der Waals surface area contributed by atoms with Crippen LogP contribution in [-0.2, 0) is 9.59 Å². The Morgan fingerprint density at radius 1 is 0.972 bits per heavy atom. The molecule has 1 unspecified atom stereocenters. The summed E-state index contributed by atoms with van der Waals surface area (Å²) in [6, 6.07) is 14.9. The molecule has 0 saturated carbocycles. The van der Waals surface area contributed by atoms with Gasteiger partial charge in [-0.2, -0.15) is 0 Å². The smallest absolute Gasteiger partial charge is 0.300 e. The predicted octanol–water partition coefficient (Wildman–Crippen LogP) is 5.90. The lowest BCUT2D eigenvalue weighted by atomic mass is 9.91. The summed E-state index contributed by atoms with van der Waals surface area (Å²) >= 11 is 0. The third kappa shape index (κ3) is 4.33. The van der Waals surface area contributed by atoms with Crippen molar-refractivity contribution < 1.29 is 28.6 Å². The summed E-state index contributed by atoms with van der Waals surface area (Å²) < 4.78 is 24.4. The van der Waals surface area contributed by atoms with E-state index >= 15 is 0 Å². The lowest BCUT2D eigenvalue weighted by Crippen LogP contribution is -2.29.